The van der Waals surface area contributed by atoms with E-state index < -0.39 is 10.7 Å². The number of aromatic nitrogens is 5. The van der Waals surface area contributed by atoms with Crippen LogP contribution in [0.2, 0.25) is 5.02 Å². The standard InChI is InChI=1S/C15H14ClFN6O3S/c1-2-22-14(8-26-11-3-4-13(17)12(16)5-11)19-20-15(22)27-9-21-7-10(6-18-21)23(24)25/h3-7H,2,8-9H2,1H3. The fourth-order valence-electron chi connectivity index (χ4n) is 2.21. The van der Waals surface area contributed by atoms with Gasteiger partial charge in [0.25, 0.3) is 0 Å². The normalized spacial score (nSPS) is 10.9. The Hall–Kier alpha value is -2.66. The van der Waals surface area contributed by atoms with E-state index in [4.69, 9.17) is 16.3 Å². The van der Waals surface area contributed by atoms with Gasteiger partial charge in [0.1, 0.15) is 30.6 Å². The topological polar surface area (TPSA) is 101 Å². The van der Waals surface area contributed by atoms with E-state index in [0.29, 0.717) is 29.2 Å². The molecule has 2 aromatic heterocycles. The molecule has 3 rings (SSSR count). The highest BCUT2D eigenvalue weighted by Crippen LogP contribution is 2.23. The first-order chi connectivity index (χ1) is 13.0. The van der Waals surface area contributed by atoms with Crippen LogP contribution in [0.15, 0.2) is 35.7 Å². The molecule has 2 heterocycles. The van der Waals surface area contributed by atoms with Crippen molar-refractivity contribution in [1.29, 1.82) is 0 Å². The summed E-state index contributed by atoms with van der Waals surface area (Å²) in [6.07, 6.45) is 2.54. The Kier molecular flexibility index (Phi) is 5.91. The van der Waals surface area contributed by atoms with Crippen molar-refractivity contribution in [2.45, 2.75) is 31.1 Å². The van der Waals surface area contributed by atoms with E-state index in [1.54, 1.807) is 0 Å². The third kappa shape index (κ3) is 4.55. The van der Waals surface area contributed by atoms with E-state index in [9.17, 15) is 14.5 Å². The Morgan fingerprint density at radius 1 is 1.41 bits per heavy atom. The lowest BCUT2D eigenvalue weighted by atomic mass is 10.3. The third-order valence-electron chi connectivity index (χ3n) is 3.53. The first kappa shape index (κ1) is 19.1. The summed E-state index contributed by atoms with van der Waals surface area (Å²) in [7, 11) is 0. The summed E-state index contributed by atoms with van der Waals surface area (Å²) in [5.41, 5.74) is -0.0698. The van der Waals surface area contributed by atoms with Crippen molar-refractivity contribution < 1.29 is 14.1 Å². The predicted molar refractivity (Wildman–Crippen MR) is 96.2 cm³/mol. The largest absolute Gasteiger partial charge is 0.486 e. The molecule has 0 N–H and O–H groups in total. The van der Waals surface area contributed by atoms with Gasteiger partial charge in [0.2, 0.25) is 0 Å². The fraction of sp³-hybridized carbons (Fsp3) is 0.267. The van der Waals surface area contributed by atoms with Gasteiger partial charge >= 0.3 is 5.69 Å². The maximum atomic E-state index is 13.2. The SMILES string of the molecule is CCn1c(COc2ccc(F)c(Cl)c2)nnc1SCn1cc([N+](=O)[O-])cn1. The van der Waals surface area contributed by atoms with Crippen LogP contribution in [0.3, 0.4) is 0 Å². The molecule has 0 amide bonds. The highest BCUT2D eigenvalue weighted by molar-refractivity contribution is 7.98. The summed E-state index contributed by atoms with van der Waals surface area (Å²) < 4.78 is 22.1. The van der Waals surface area contributed by atoms with E-state index in [2.05, 4.69) is 15.3 Å². The van der Waals surface area contributed by atoms with Crippen LogP contribution < -0.4 is 4.74 Å². The second-order valence-electron chi connectivity index (χ2n) is 5.28. The zero-order valence-corrected chi connectivity index (χ0v) is 15.7. The Bertz CT molecular complexity index is 963. The maximum Gasteiger partial charge on any atom is 0.307 e. The second kappa shape index (κ2) is 8.35. The van der Waals surface area contributed by atoms with Gasteiger partial charge in [0.15, 0.2) is 11.0 Å². The number of halogens is 2. The van der Waals surface area contributed by atoms with Crippen LogP contribution >= 0.6 is 23.4 Å². The molecule has 0 saturated heterocycles. The number of nitro groups is 1. The van der Waals surface area contributed by atoms with E-state index in [1.165, 1.54) is 47.0 Å². The van der Waals surface area contributed by atoms with E-state index >= 15 is 0 Å². The van der Waals surface area contributed by atoms with Crippen LogP contribution in [0.1, 0.15) is 12.7 Å². The predicted octanol–water partition coefficient (Wildman–Crippen LogP) is 3.52. The summed E-state index contributed by atoms with van der Waals surface area (Å²) >= 11 is 7.07. The fourth-order valence-corrected chi connectivity index (χ4v) is 3.25. The maximum absolute atomic E-state index is 13.2. The molecule has 0 bridgehead atoms. The molecule has 3 aromatic rings. The summed E-state index contributed by atoms with van der Waals surface area (Å²) in [6.45, 7) is 2.68. The molecular formula is C15H14ClFN6O3S. The number of hydrogen-bond donors (Lipinski definition) is 0. The molecule has 9 nitrogen and oxygen atoms in total. The minimum atomic E-state index is -0.515. The number of ether oxygens (including phenoxy) is 1. The molecule has 1 aromatic carbocycles. The van der Waals surface area contributed by atoms with Crippen LogP contribution in [0, 0.1) is 15.9 Å². The Balaban J connectivity index is 1.64. The summed E-state index contributed by atoms with van der Waals surface area (Å²) in [5, 5.41) is 23.5. The number of thioether (sulfide) groups is 1. The van der Waals surface area contributed by atoms with Gasteiger partial charge in [0.05, 0.1) is 15.8 Å². The molecule has 0 aliphatic heterocycles. The lowest BCUT2D eigenvalue weighted by Gasteiger charge is -2.09. The smallest absolute Gasteiger partial charge is 0.307 e. The van der Waals surface area contributed by atoms with Crippen molar-refractivity contribution in [1.82, 2.24) is 24.5 Å². The van der Waals surface area contributed by atoms with Crippen molar-refractivity contribution in [3.63, 3.8) is 0 Å². The first-order valence-electron chi connectivity index (χ1n) is 7.77. The van der Waals surface area contributed by atoms with Gasteiger partial charge in [-0.05, 0) is 19.1 Å². The molecular weight excluding hydrogens is 399 g/mol. The average Bonchev–Trinajstić information content (AvgIpc) is 3.27. The van der Waals surface area contributed by atoms with Gasteiger partial charge in [-0.1, -0.05) is 23.4 Å². The number of nitrogens with zero attached hydrogens (tertiary/aromatic N) is 6. The van der Waals surface area contributed by atoms with E-state index in [-0.39, 0.29) is 17.3 Å². The zero-order chi connectivity index (χ0) is 19.4. The Labute approximate surface area is 162 Å². The lowest BCUT2D eigenvalue weighted by Crippen LogP contribution is -2.07. The molecule has 0 atom stereocenters. The molecule has 0 aliphatic rings. The minimum Gasteiger partial charge on any atom is -0.486 e. The van der Waals surface area contributed by atoms with Crippen molar-refractivity contribution >= 4 is 29.1 Å². The Morgan fingerprint density at radius 3 is 2.89 bits per heavy atom. The minimum absolute atomic E-state index is 0.0194. The molecule has 0 aliphatic carbocycles. The van der Waals surface area contributed by atoms with E-state index in [1.807, 2.05) is 11.5 Å². The molecule has 0 saturated carbocycles. The quantitative estimate of drug-likeness (QED) is 0.317. The zero-order valence-electron chi connectivity index (χ0n) is 14.1. The van der Waals surface area contributed by atoms with Gasteiger partial charge in [-0.2, -0.15) is 5.10 Å². The highest BCUT2D eigenvalue weighted by atomic mass is 35.5. The van der Waals surface area contributed by atoms with Crippen molar-refractivity contribution in [3.8, 4) is 5.75 Å². The van der Waals surface area contributed by atoms with Crippen LogP contribution in [0.4, 0.5) is 10.1 Å². The second-order valence-corrected chi connectivity index (χ2v) is 6.60. The van der Waals surface area contributed by atoms with Gasteiger partial charge in [0, 0.05) is 12.6 Å². The van der Waals surface area contributed by atoms with Crippen LogP contribution in [-0.2, 0) is 19.0 Å². The van der Waals surface area contributed by atoms with E-state index in [0.717, 1.165) is 0 Å². The number of hydrogen-bond acceptors (Lipinski definition) is 7. The van der Waals surface area contributed by atoms with Crippen molar-refractivity contribution in [3.05, 3.63) is 57.4 Å². The lowest BCUT2D eigenvalue weighted by molar-refractivity contribution is -0.385. The molecule has 0 fully saturated rings. The summed E-state index contributed by atoms with van der Waals surface area (Å²) in [4.78, 5) is 10.2. The number of benzene rings is 1. The summed E-state index contributed by atoms with van der Waals surface area (Å²) in [5.74, 6) is 0.843. The van der Waals surface area contributed by atoms with Crippen molar-refractivity contribution in [2.75, 3.05) is 0 Å². The first-order valence-corrected chi connectivity index (χ1v) is 9.14. The molecule has 142 valence electrons. The van der Waals surface area contributed by atoms with Gasteiger partial charge in [-0.25, -0.2) is 4.39 Å². The van der Waals surface area contributed by atoms with Gasteiger partial charge in [-0.3, -0.25) is 14.8 Å². The van der Waals surface area contributed by atoms with Crippen LogP contribution in [0.5, 0.6) is 5.75 Å². The van der Waals surface area contributed by atoms with Crippen LogP contribution in [0.25, 0.3) is 0 Å². The Morgan fingerprint density at radius 2 is 2.22 bits per heavy atom. The molecule has 27 heavy (non-hydrogen) atoms. The van der Waals surface area contributed by atoms with Gasteiger partial charge in [-0.15, -0.1) is 10.2 Å². The average molecular weight is 413 g/mol. The highest BCUT2D eigenvalue weighted by Gasteiger charge is 2.14. The monoisotopic (exact) mass is 412 g/mol. The summed E-state index contributed by atoms with van der Waals surface area (Å²) in [6, 6.07) is 4.10. The van der Waals surface area contributed by atoms with Crippen molar-refractivity contribution in [2.24, 2.45) is 0 Å². The van der Waals surface area contributed by atoms with Crippen LogP contribution in [-0.4, -0.2) is 29.5 Å². The number of rotatable bonds is 8. The third-order valence-corrected chi connectivity index (χ3v) is 4.77. The molecule has 12 heteroatoms. The molecule has 0 radical (unpaired) electrons. The van der Waals surface area contributed by atoms with Gasteiger partial charge < -0.3 is 9.30 Å². The molecule has 0 spiro atoms. The molecule has 0 unspecified atom stereocenters.